The summed E-state index contributed by atoms with van der Waals surface area (Å²) in [5.41, 5.74) is 2.47. The van der Waals surface area contributed by atoms with Gasteiger partial charge in [0.1, 0.15) is 4.64 Å². The van der Waals surface area contributed by atoms with Crippen LogP contribution < -0.4 is 0 Å². The molecule has 3 aromatic rings. The van der Waals surface area contributed by atoms with Gasteiger partial charge in [0.2, 0.25) is 0 Å². The molecule has 0 spiro atoms. The number of nitrogens with zero attached hydrogens (tertiary/aromatic N) is 1. The second-order valence-corrected chi connectivity index (χ2v) is 4.44. The number of fused-ring (bicyclic) bond motifs is 1. The van der Waals surface area contributed by atoms with Gasteiger partial charge in [-0.25, -0.2) is 0 Å². The molecule has 3 rings (SSSR count). The third kappa shape index (κ3) is 1.89. The summed E-state index contributed by atoms with van der Waals surface area (Å²) in [7, 11) is 0. The molecule has 84 valence electrons. The molecule has 1 aromatic carbocycles. The fourth-order valence-electron chi connectivity index (χ4n) is 2.05. The molecule has 1 N–H and O–H groups in total. The Labute approximate surface area is 105 Å². The van der Waals surface area contributed by atoms with Crippen LogP contribution in [0.1, 0.15) is 5.56 Å². The van der Waals surface area contributed by atoms with E-state index in [1.807, 2.05) is 12.3 Å². The minimum absolute atomic E-state index is 0.800. The zero-order valence-electron chi connectivity index (χ0n) is 9.26. The van der Waals surface area contributed by atoms with E-state index in [2.05, 4.69) is 52.1 Å². The van der Waals surface area contributed by atoms with Crippen LogP contribution in [0.2, 0.25) is 0 Å². The average molecular weight is 240 g/mol. The molecular formula is C14H12N2S. The number of H-pyrrole nitrogens is 1. The SMILES string of the molecule is S=c1[nH]ccc2c1ccn2Cc1ccccc1. The highest BCUT2D eigenvalue weighted by atomic mass is 32.1. The van der Waals surface area contributed by atoms with E-state index < -0.39 is 0 Å². The zero-order valence-corrected chi connectivity index (χ0v) is 10.1. The first-order valence-corrected chi connectivity index (χ1v) is 5.96. The monoisotopic (exact) mass is 240 g/mol. The van der Waals surface area contributed by atoms with E-state index in [1.165, 1.54) is 11.1 Å². The third-order valence-corrected chi connectivity index (χ3v) is 3.24. The van der Waals surface area contributed by atoms with Crippen LogP contribution in [0.5, 0.6) is 0 Å². The summed E-state index contributed by atoms with van der Waals surface area (Å²) in [6.07, 6.45) is 3.98. The molecule has 0 amide bonds. The summed E-state index contributed by atoms with van der Waals surface area (Å²) < 4.78 is 3.02. The molecule has 2 aromatic heterocycles. The molecule has 0 bridgehead atoms. The van der Waals surface area contributed by atoms with Crippen molar-refractivity contribution >= 4 is 23.1 Å². The van der Waals surface area contributed by atoms with Crippen molar-refractivity contribution in [3.8, 4) is 0 Å². The van der Waals surface area contributed by atoms with Crippen LogP contribution in [0.15, 0.2) is 54.9 Å². The number of rotatable bonds is 2. The average Bonchev–Trinajstić information content (AvgIpc) is 2.76. The van der Waals surface area contributed by atoms with Crippen LogP contribution in [0.25, 0.3) is 10.9 Å². The van der Waals surface area contributed by atoms with Gasteiger partial charge in [0, 0.05) is 24.3 Å². The standard InChI is InChI=1S/C14H12N2S/c17-14-12-7-9-16(13(12)6-8-15-14)10-11-4-2-1-3-5-11/h1-9H,10H2,(H,15,17). The van der Waals surface area contributed by atoms with Crippen LogP contribution in [-0.2, 0) is 6.54 Å². The van der Waals surface area contributed by atoms with Crippen molar-refractivity contribution < 1.29 is 0 Å². The zero-order chi connectivity index (χ0) is 11.7. The van der Waals surface area contributed by atoms with Gasteiger partial charge in [-0.15, -0.1) is 0 Å². The fourth-order valence-corrected chi connectivity index (χ4v) is 2.30. The predicted molar refractivity (Wildman–Crippen MR) is 72.7 cm³/mol. The summed E-state index contributed by atoms with van der Waals surface area (Å²) >= 11 is 5.26. The minimum atomic E-state index is 0.800. The normalized spacial score (nSPS) is 10.8. The van der Waals surface area contributed by atoms with E-state index in [4.69, 9.17) is 12.2 Å². The molecule has 0 unspecified atom stereocenters. The molecule has 0 aliphatic heterocycles. The molecule has 0 aliphatic rings. The van der Waals surface area contributed by atoms with Crippen molar-refractivity contribution in [2.24, 2.45) is 0 Å². The molecule has 2 nitrogen and oxygen atoms in total. The Kier molecular flexibility index (Phi) is 2.53. The van der Waals surface area contributed by atoms with Crippen molar-refractivity contribution in [1.29, 1.82) is 0 Å². The van der Waals surface area contributed by atoms with Crippen LogP contribution in [0, 0.1) is 4.64 Å². The minimum Gasteiger partial charge on any atom is -0.352 e. The Morgan fingerprint density at radius 1 is 1.06 bits per heavy atom. The molecule has 0 aliphatic carbocycles. The lowest BCUT2D eigenvalue weighted by Crippen LogP contribution is -1.97. The van der Waals surface area contributed by atoms with Crippen LogP contribution in [-0.4, -0.2) is 9.55 Å². The van der Waals surface area contributed by atoms with Crippen molar-refractivity contribution in [3.05, 3.63) is 65.1 Å². The first-order chi connectivity index (χ1) is 8.34. The Morgan fingerprint density at radius 3 is 2.71 bits per heavy atom. The number of pyridine rings is 1. The smallest absolute Gasteiger partial charge is 0.112 e. The lowest BCUT2D eigenvalue weighted by Gasteiger charge is -2.05. The van der Waals surface area contributed by atoms with E-state index in [9.17, 15) is 0 Å². The van der Waals surface area contributed by atoms with Crippen molar-refractivity contribution in [1.82, 2.24) is 9.55 Å². The van der Waals surface area contributed by atoms with E-state index in [1.54, 1.807) is 0 Å². The molecule has 17 heavy (non-hydrogen) atoms. The number of aromatic nitrogens is 2. The number of benzene rings is 1. The first-order valence-electron chi connectivity index (χ1n) is 5.55. The molecule has 2 heterocycles. The van der Waals surface area contributed by atoms with Crippen LogP contribution >= 0.6 is 12.2 Å². The second kappa shape index (κ2) is 4.18. The van der Waals surface area contributed by atoms with Crippen molar-refractivity contribution in [3.63, 3.8) is 0 Å². The van der Waals surface area contributed by atoms with E-state index >= 15 is 0 Å². The highest BCUT2D eigenvalue weighted by Crippen LogP contribution is 2.17. The molecule has 3 heteroatoms. The van der Waals surface area contributed by atoms with Gasteiger partial charge in [-0.2, -0.15) is 0 Å². The van der Waals surface area contributed by atoms with Gasteiger partial charge in [-0.05, 0) is 17.7 Å². The van der Waals surface area contributed by atoms with Crippen molar-refractivity contribution in [2.75, 3.05) is 0 Å². The van der Waals surface area contributed by atoms with Gasteiger partial charge in [-0.3, -0.25) is 0 Å². The van der Waals surface area contributed by atoms with Gasteiger partial charge in [0.05, 0.1) is 5.52 Å². The Morgan fingerprint density at radius 2 is 1.88 bits per heavy atom. The number of nitrogens with one attached hydrogen (secondary N) is 1. The highest BCUT2D eigenvalue weighted by Gasteiger charge is 2.02. The van der Waals surface area contributed by atoms with Gasteiger partial charge in [-0.1, -0.05) is 42.5 Å². The lowest BCUT2D eigenvalue weighted by atomic mass is 10.2. The summed E-state index contributed by atoms with van der Waals surface area (Å²) in [5, 5.41) is 1.11. The van der Waals surface area contributed by atoms with Gasteiger partial charge in [0.25, 0.3) is 0 Å². The predicted octanol–water partition coefficient (Wildman–Crippen LogP) is 3.75. The van der Waals surface area contributed by atoms with Crippen molar-refractivity contribution in [2.45, 2.75) is 6.54 Å². The first kappa shape index (κ1) is 10.3. The van der Waals surface area contributed by atoms with Gasteiger partial charge < -0.3 is 9.55 Å². The summed E-state index contributed by atoms with van der Waals surface area (Å²) in [5.74, 6) is 0. The molecule has 0 saturated heterocycles. The summed E-state index contributed by atoms with van der Waals surface area (Å²) in [6.45, 7) is 0.878. The molecule has 0 fully saturated rings. The van der Waals surface area contributed by atoms with E-state index in [0.29, 0.717) is 0 Å². The van der Waals surface area contributed by atoms with Crippen LogP contribution in [0.3, 0.4) is 0 Å². The quantitative estimate of drug-likeness (QED) is 0.677. The largest absolute Gasteiger partial charge is 0.352 e. The lowest BCUT2D eigenvalue weighted by molar-refractivity contribution is 0.836. The van der Waals surface area contributed by atoms with Crippen LogP contribution in [0.4, 0.5) is 0 Å². The van der Waals surface area contributed by atoms with Gasteiger partial charge in [0.15, 0.2) is 0 Å². The summed E-state index contributed by atoms with van der Waals surface area (Å²) in [4.78, 5) is 3.05. The van der Waals surface area contributed by atoms with Gasteiger partial charge >= 0.3 is 0 Å². The summed E-state index contributed by atoms with van der Waals surface area (Å²) in [6, 6.07) is 14.6. The maximum atomic E-state index is 5.26. The molecule has 0 atom stereocenters. The molecular weight excluding hydrogens is 228 g/mol. The number of aromatic amines is 1. The Balaban J connectivity index is 2.08. The fraction of sp³-hybridized carbons (Fsp3) is 0.0714. The third-order valence-electron chi connectivity index (χ3n) is 2.90. The molecule has 0 radical (unpaired) electrons. The Hall–Kier alpha value is -1.87. The maximum absolute atomic E-state index is 5.26. The maximum Gasteiger partial charge on any atom is 0.112 e. The Bertz CT molecular complexity index is 695. The van der Waals surface area contributed by atoms with E-state index in [0.717, 1.165) is 16.6 Å². The highest BCUT2D eigenvalue weighted by molar-refractivity contribution is 7.71. The second-order valence-electron chi connectivity index (χ2n) is 4.03. The number of hydrogen-bond donors (Lipinski definition) is 1. The van der Waals surface area contributed by atoms with E-state index in [-0.39, 0.29) is 0 Å². The molecule has 0 saturated carbocycles. The number of hydrogen-bond acceptors (Lipinski definition) is 1. The topological polar surface area (TPSA) is 20.7 Å².